The molecule has 14 heavy (non-hydrogen) atoms. The van der Waals surface area contributed by atoms with E-state index in [-0.39, 0.29) is 31.2 Å². The standard InChI is InChI=1S/C9H12F2N2O/c10-9(11)3-1-2-6(4-9)8-12-5-7(14)13-8/h6H,1-5H2,(H,12,13,14). The van der Waals surface area contributed by atoms with Gasteiger partial charge in [-0.15, -0.1) is 0 Å². The third-order valence-corrected chi connectivity index (χ3v) is 2.69. The monoisotopic (exact) mass is 202 g/mol. The van der Waals surface area contributed by atoms with Gasteiger partial charge in [0, 0.05) is 18.8 Å². The van der Waals surface area contributed by atoms with E-state index in [1.807, 2.05) is 0 Å². The van der Waals surface area contributed by atoms with Crippen molar-refractivity contribution in [2.75, 3.05) is 6.54 Å². The number of hydrogen-bond donors (Lipinski definition) is 1. The molecule has 1 atom stereocenters. The van der Waals surface area contributed by atoms with E-state index in [1.165, 1.54) is 0 Å². The van der Waals surface area contributed by atoms with Crippen LogP contribution in [0.4, 0.5) is 8.78 Å². The number of aliphatic imine (C=N–C) groups is 1. The fourth-order valence-electron chi connectivity index (χ4n) is 2.02. The highest BCUT2D eigenvalue weighted by Gasteiger charge is 2.39. The molecule has 2 rings (SSSR count). The van der Waals surface area contributed by atoms with Crippen LogP contribution in [0.15, 0.2) is 4.99 Å². The topological polar surface area (TPSA) is 41.5 Å². The van der Waals surface area contributed by atoms with Crippen molar-refractivity contribution >= 4 is 11.7 Å². The van der Waals surface area contributed by atoms with E-state index in [9.17, 15) is 13.6 Å². The first kappa shape index (κ1) is 9.55. The van der Waals surface area contributed by atoms with Crippen molar-refractivity contribution in [3.8, 4) is 0 Å². The Hall–Kier alpha value is -1.00. The van der Waals surface area contributed by atoms with Crippen LogP contribution in [-0.2, 0) is 4.79 Å². The maximum Gasteiger partial charge on any atom is 0.248 e. The minimum Gasteiger partial charge on any atom is -0.313 e. The first-order chi connectivity index (χ1) is 6.57. The molecule has 5 heteroatoms. The average Bonchev–Trinajstić information content (AvgIpc) is 2.50. The summed E-state index contributed by atoms with van der Waals surface area (Å²) < 4.78 is 26.1. The average molecular weight is 202 g/mol. The van der Waals surface area contributed by atoms with Crippen molar-refractivity contribution in [1.82, 2.24) is 5.32 Å². The highest BCUT2D eigenvalue weighted by molar-refractivity contribution is 6.05. The lowest BCUT2D eigenvalue weighted by atomic mass is 9.86. The van der Waals surface area contributed by atoms with Gasteiger partial charge in [0.15, 0.2) is 0 Å². The summed E-state index contributed by atoms with van der Waals surface area (Å²) in [4.78, 5) is 14.8. The quantitative estimate of drug-likeness (QED) is 0.685. The van der Waals surface area contributed by atoms with E-state index in [0.29, 0.717) is 18.7 Å². The van der Waals surface area contributed by atoms with Crippen LogP contribution in [-0.4, -0.2) is 24.2 Å². The molecular weight excluding hydrogens is 190 g/mol. The molecule has 0 aromatic carbocycles. The summed E-state index contributed by atoms with van der Waals surface area (Å²) in [5, 5.41) is 2.54. The van der Waals surface area contributed by atoms with Gasteiger partial charge in [-0.05, 0) is 12.8 Å². The first-order valence-electron chi connectivity index (χ1n) is 4.79. The van der Waals surface area contributed by atoms with Gasteiger partial charge in [0.1, 0.15) is 12.4 Å². The Bertz CT molecular complexity index is 289. The van der Waals surface area contributed by atoms with Crippen molar-refractivity contribution in [1.29, 1.82) is 0 Å². The Morgan fingerprint density at radius 3 is 2.86 bits per heavy atom. The fourth-order valence-corrected chi connectivity index (χ4v) is 2.02. The lowest BCUT2D eigenvalue weighted by molar-refractivity contribution is -0.117. The van der Waals surface area contributed by atoms with Crippen LogP contribution < -0.4 is 5.32 Å². The normalized spacial score (nSPS) is 31.1. The molecule has 0 spiro atoms. The van der Waals surface area contributed by atoms with Crippen molar-refractivity contribution in [3.05, 3.63) is 0 Å². The van der Waals surface area contributed by atoms with E-state index >= 15 is 0 Å². The highest BCUT2D eigenvalue weighted by Crippen LogP contribution is 2.37. The Morgan fingerprint density at radius 1 is 1.50 bits per heavy atom. The number of carbonyl (C=O) groups is 1. The molecule has 1 saturated carbocycles. The predicted molar refractivity (Wildman–Crippen MR) is 47.3 cm³/mol. The molecule has 78 valence electrons. The molecular formula is C9H12F2N2O. The third kappa shape index (κ3) is 1.91. The molecule has 0 saturated heterocycles. The van der Waals surface area contributed by atoms with E-state index in [1.54, 1.807) is 0 Å². The largest absolute Gasteiger partial charge is 0.313 e. The second kappa shape index (κ2) is 3.29. The molecule has 1 amide bonds. The zero-order valence-corrected chi connectivity index (χ0v) is 7.72. The number of nitrogens with one attached hydrogen (secondary N) is 1. The van der Waals surface area contributed by atoms with Crippen LogP contribution in [0.25, 0.3) is 0 Å². The number of nitrogens with zero attached hydrogens (tertiary/aromatic N) is 1. The van der Waals surface area contributed by atoms with Gasteiger partial charge in [0.25, 0.3) is 0 Å². The minimum absolute atomic E-state index is 0.0370. The molecule has 0 bridgehead atoms. The predicted octanol–water partition coefficient (Wildman–Crippen LogP) is 1.34. The number of rotatable bonds is 1. The maximum absolute atomic E-state index is 13.0. The highest BCUT2D eigenvalue weighted by atomic mass is 19.3. The summed E-state index contributed by atoms with van der Waals surface area (Å²) >= 11 is 0. The summed E-state index contributed by atoms with van der Waals surface area (Å²) in [6.07, 6.45) is 0.998. The molecule has 3 nitrogen and oxygen atoms in total. The van der Waals surface area contributed by atoms with E-state index < -0.39 is 5.92 Å². The summed E-state index contributed by atoms with van der Waals surface area (Å²) in [7, 11) is 0. The van der Waals surface area contributed by atoms with Crippen molar-refractivity contribution in [2.45, 2.75) is 31.6 Å². The van der Waals surface area contributed by atoms with Crippen LogP contribution in [0.1, 0.15) is 25.7 Å². The Morgan fingerprint density at radius 2 is 2.29 bits per heavy atom. The number of amidine groups is 1. The fraction of sp³-hybridized carbons (Fsp3) is 0.778. The molecule has 0 aromatic heterocycles. The zero-order valence-electron chi connectivity index (χ0n) is 7.72. The minimum atomic E-state index is -2.58. The van der Waals surface area contributed by atoms with Crippen LogP contribution in [0.5, 0.6) is 0 Å². The smallest absolute Gasteiger partial charge is 0.248 e. The van der Waals surface area contributed by atoms with Gasteiger partial charge < -0.3 is 5.32 Å². The van der Waals surface area contributed by atoms with Crippen LogP contribution >= 0.6 is 0 Å². The summed E-state index contributed by atoms with van der Waals surface area (Å²) in [6, 6.07) is 0. The van der Waals surface area contributed by atoms with Crippen molar-refractivity contribution < 1.29 is 13.6 Å². The lowest BCUT2D eigenvalue weighted by Crippen LogP contribution is -2.37. The zero-order chi connectivity index (χ0) is 10.2. The molecule has 1 heterocycles. The van der Waals surface area contributed by atoms with Crippen LogP contribution in [0.3, 0.4) is 0 Å². The maximum atomic E-state index is 13.0. The summed E-state index contributed by atoms with van der Waals surface area (Å²) in [6.45, 7) is 0.0946. The molecule has 1 N–H and O–H groups in total. The van der Waals surface area contributed by atoms with Crippen molar-refractivity contribution in [2.24, 2.45) is 10.9 Å². The number of carbonyl (C=O) groups excluding carboxylic acids is 1. The Kier molecular flexibility index (Phi) is 2.25. The van der Waals surface area contributed by atoms with Gasteiger partial charge in [0.05, 0.1) is 0 Å². The summed E-state index contributed by atoms with van der Waals surface area (Å²) in [5.41, 5.74) is 0. The van der Waals surface area contributed by atoms with Crippen LogP contribution in [0.2, 0.25) is 0 Å². The van der Waals surface area contributed by atoms with E-state index in [0.717, 1.165) is 0 Å². The number of hydrogen-bond acceptors (Lipinski definition) is 2. The molecule has 1 fully saturated rings. The van der Waals surface area contributed by atoms with E-state index in [2.05, 4.69) is 10.3 Å². The summed E-state index contributed by atoms with van der Waals surface area (Å²) in [5.74, 6) is -2.56. The second-order valence-corrected chi connectivity index (χ2v) is 3.90. The number of amides is 1. The van der Waals surface area contributed by atoms with Crippen LogP contribution in [0, 0.1) is 5.92 Å². The SMILES string of the molecule is O=C1CN=C(C2CCCC(F)(F)C2)N1. The van der Waals surface area contributed by atoms with Gasteiger partial charge in [-0.25, -0.2) is 8.78 Å². The van der Waals surface area contributed by atoms with Gasteiger partial charge in [0.2, 0.25) is 11.8 Å². The molecule has 1 unspecified atom stereocenters. The van der Waals surface area contributed by atoms with Gasteiger partial charge in [-0.1, -0.05) is 0 Å². The first-order valence-corrected chi connectivity index (χ1v) is 4.79. The molecule has 1 aliphatic heterocycles. The van der Waals surface area contributed by atoms with Gasteiger partial charge in [-0.2, -0.15) is 0 Å². The lowest BCUT2D eigenvalue weighted by Gasteiger charge is -2.28. The molecule has 2 aliphatic rings. The number of halogens is 2. The van der Waals surface area contributed by atoms with Crippen molar-refractivity contribution in [3.63, 3.8) is 0 Å². The third-order valence-electron chi connectivity index (χ3n) is 2.69. The molecule has 0 aromatic rings. The number of alkyl halides is 2. The second-order valence-electron chi connectivity index (χ2n) is 3.90. The van der Waals surface area contributed by atoms with Gasteiger partial charge in [-0.3, -0.25) is 9.79 Å². The molecule has 0 radical (unpaired) electrons. The van der Waals surface area contributed by atoms with E-state index in [4.69, 9.17) is 0 Å². The Labute approximate surface area is 80.6 Å². The Balaban J connectivity index is 2.01. The van der Waals surface area contributed by atoms with Gasteiger partial charge >= 0.3 is 0 Å². The molecule has 1 aliphatic carbocycles.